The van der Waals surface area contributed by atoms with Gasteiger partial charge in [-0.3, -0.25) is 9.69 Å². The topological polar surface area (TPSA) is 70.1 Å². The van der Waals surface area contributed by atoms with E-state index in [2.05, 4.69) is 4.90 Å². The highest BCUT2D eigenvalue weighted by atomic mass is 16.6. The van der Waals surface area contributed by atoms with Crippen LogP contribution in [0.2, 0.25) is 0 Å². The van der Waals surface area contributed by atoms with Crippen LogP contribution < -0.4 is 0 Å². The van der Waals surface area contributed by atoms with Crippen LogP contribution in [0.4, 0.5) is 4.79 Å². The van der Waals surface area contributed by atoms with Crippen LogP contribution in [-0.4, -0.2) is 65.8 Å². The van der Waals surface area contributed by atoms with Crippen molar-refractivity contribution in [1.29, 1.82) is 0 Å². The molecule has 2 saturated heterocycles. The first-order valence-corrected chi connectivity index (χ1v) is 5.39. The maximum atomic E-state index is 11.6. The van der Waals surface area contributed by atoms with Gasteiger partial charge in [-0.15, -0.1) is 0 Å². The van der Waals surface area contributed by atoms with E-state index in [1.807, 2.05) is 7.05 Å². The summed E-state index contributed by atoms with van der Waals surface area (Å²) in [6, 6.07) is 0. The Morgan fingerprint density at radius 1 is 1.50 bits per heavy atom. The summed E-state index contributed by atoms with van der Waals surface area (Å²) in [6.45, 7) is 1.87. The number of hydrogen-bond donors (Lipinski definition) is 1. The van der Waals surface area contributed by atoms with Crippen LogP contribution in [0.25, 0.3) is 0 Å². The molecule has 1 N–H and O–H groups in total. The summed E-state index contributed by atoms with van der Waals surface area (Å²) in [4.78, 5) is 25.5. The predicted molar refractivity (Wildman–Crippen MR) is 55.2 cm³/mol. The molecule has 0 aromatic heterocycles. The van der Waals surface area contributed by atoms with Gasteiger partial charge in [0.05, 0.1) is 0 Å². The van der Waals surface area contributed by atoms with E-state index in [1.165, 1.54) is 4.90 Å². The lowest BCUT2D eigenvalue weighted by Gasteiger charge is -2.38. The number of aliphatic carboxylic acids is 1. The first kappa shape index (κ1) is 11.2. The number of rotatable bonds is 2. The minimum atomic E-state index is -1.00. The number of carbonyl (C=O) groups excluding carboxylic acids is 1. The van der Waals surface area contributed by atoms with Crippen LogP contribution >= 0.6 is 0 Å². The van der Waals surface area contributed by atoms with E-state index < -0.39 is 12.1 Å². The van der Waals surface area contributed by atoms with Crippen molar-refractivity contribution in [2.75, 3.05) is 33.2 Å². The van der Waals surface area contributed by atoms with Gasteiger partial charge in [-0.1, -0.05) is 0 Å². The molecular weight excluding hydrogens is 212 g/mol. The van der Waals surface area contributed by atoms with E-state index in [1.54, 1.807) is 0 Å². The maximum Gasteiger partial charge on any atom is 0.410 e. The van der Waals surface area contributed by atoms with Gasteiger partial charge in [0.25, 0.3) is 0 Å². The predicted octanol–water partition coefficient (Wildman–Crippen LogP) is -0.0124. The molecule has 2 aliphatic heterocycles. The molecule has 90 valence electrons. The minimum absolute atomic E-state index is 0.273. The lowest BCUT2D eigenvalue weighted by molar-refractivity contribution is -0.139. The van der Waals surface area contributed by atoms with E-state index >= 15 is 0 Å². The molecule has 1 spiro atoms. The Bertz CT molecular complexity index is 320. The molecule has 16 heavy (non-hydrogen) atoms. The van der Waals surface area contributed by atoms with Crippen molar-refractivity contribution in [3.05, 3.63) is 0 Å². The molecule has 0 bridgehead atoms. The number of carboxylic acids is 1. The van der Waals surface area contributed by atoms with E-state index in [9.17, 15) is 9.59 Å². The standard InChI is InChI=1S/C10H16N2O4/c1-11-4-2-10(7-11)3-5-12(6-8(13)14)9(15)16-10/h2-7H2,1H3,(H,13,14). The molecule has 0 aliphatic carbocycles. The van der Waals surface area contributed by atoms with Gasteiger partial charge in [-0.05, 0) is 7.05 Å². The summed E-state index contributed by atoms with van der Waals surface area (Å²) in [5.74, 6) is -1.00. The van der Waals surface area contributed by atoms with Crippen molar-refractivity contribution < 1.29 is 19.4 Å². The summed E-state index contributed by atoms with van der Waals surface area (Å²) in [7, 11) is 1.99. The lowest BCUT2D eigenvalue weighted by atomic mass is 9.97. The van der Waals surface area contributed by atoms with Crippen LogP contribution in [-0.2, 0) is 9.53 Å². The highest BCUT2D eigenvalue weighted by molar-refractivity contribution is 5.77. The molecule has 0 aromatic rings. The second kappa shape index (κ2) is 3.93. The number of carboxylic acid groups (broad SMARTS) is 1. The van der Waals surface area contributed by atoms with Crippen molar-refractivity contribution >= 4 is 12.1 Å². The Morgan fingerprint density at radius 2 is 2.19 bits per heavy atom. The molecule has 1 atom stereocenters. The Hall–Kier alpha value is -1.30. The zero-order valence-electron chi connectivity index (χ0n) is 9.31. The minimum Gasteiger partial charge on any atom is -0.480 e. The quantitative estimate of drug-likeness (QED) is 0.719. The molecule has 6 nitrogen and oxygen atoms in total. The van der Waals surface area contributed by atoms with Crippen LogP contribution in [0.1, 0.15) is 12.8 Å². The Morgan fingerprint density at radius 3 is 2.69 bits per heavy atom. The number of likely N-dealkylation sites (tertiary alicyclic amines) is 1. The monoisotopic (exact) mass is 228 g/mol. The molecule has 1 amide bonds. The van der Waals surface area contributed by atoms with E-state index in [4.69, 9.17) is 9.84 Å². The van der Waals surface area contributed by atoms with Crippen molar-refractivity contribution in [2.45, 2.75) is 18.4 Å². The fourth-order valence-electron chi connectivity index (χ4n) is 2.37. The van der Waals surface area contributed by atoms with Crippen LogP contribution in [0.5, 0.6) is 0 Å². The fraction of sp³-hybridized carbons (Fsp3) is 0.800. The zero-order valence-corrected chi connectivity index (χ0v) is 9.31. The van der Waals surface area contributed by atoms with Crippen molar-refractivity contribution in [2.24, 2.45) is 0 Å². The summed E-state index contributed by atoms with van der Waals surface area (Å²) in [5.41, 5.74) is -0.374. The van der Waals surface area contributed by atoms with Gasteiger partial charge < -0.3 is 14.7 Å². The lowest BCUT2D eigenvalue weighted by Crippen LogP contribution is -2.51. The van der Waals surface area contributed by atoms with Crippen LogP contribution in [0.15, 0.2) is 0 Å². The van der Waals surface area contributed by atoms with Gasteiger partial charge in [0.1, 0.15) is 12.1 Å². The van der Waals surface area contributed by atoms with Gasteiger partial charge in [0.2, 0.25) is 0 Å². The van der Waals surface area contributed by atoms with Gasteiger partial charge in [0, 0.05) is 32.5 Å². The molecule has 2 heterocycles. The van der Waals surface area contributed by atoms with Crippen molar-refractivity contribution in [3.63, 3.8) is 0 Å². The molecule has 2 rings (SSSR count). The molecule has 6 heteroatoms. The molecule has 2 aliphatic rings. The van der Waals surface area contributed by atoms with E-state index in [-0.39, 0.29) is 12.1 Å². The van der Waals surface area contributed by atoms with Gasteiger partial charge >= 0.3 is 12.1 Å². The molecular formula is C10H16N2O4. The zero-order chi connectivity index (χ0) is 11.8. The fourth-order valence-corrected chi connectivity index (χ4v) is 2.37. The summed E-state index contributed by atoms with van der Waals surface area (Å²) in [5, 5.41) is 8.62. The average Bonchev–Trinajstić information content (AvgIpc) is 2.53. The largest absolute Gasteiger partial charge is 0.480 e. The highest BCUT2D eigenvalue weighted by Crippen LogP contribution is 2.32. The summed E-state index contributed by atoms with van der Waals surface area (Å²) < 4.78 is 5.40. The Labute approximate surface area is 93.8 Å². The Balaban J connectivity index is 1.97. The number of carbonyl (C=O) groups is 2. The first-order chi connectivity index (χ1) is 7.51. The third kappa shape index (κ3) is 2.11. The molecule has 0 aromatic carbocycles. The smallest absolute Gasteiger partial charge is 0.410 e. The molecule has 0 radical (unpaired) electrons. The van der Waals surface area contributed by atoms with Gasteiger partial charge in [-0.25, -0.2) is 4.79 Å². The number of likely N-dealkylation sites (N-methyl/N-ethyl adjacent to an activating group) is 1. The maximum absolute atomic E-state index is 11.6. The summed E-state index contributed by atoms with van der Waals surface area (Å²) >= 11 is 0. The summed E-state index contributed by atoms with van der Waals surface area (Å²) in [6.07, 6.45) is 1.07. The number of ether oxygens (including phenoxy) is 1. The van der Waals surface area contributed by atoms with Crippen molar-refractivity contribution in [3.8, 4) is 0 Å². The molecule has 0 saturated carbocycles. The van der Waals surface area contributed by atoms with E-state index in [0.717, 1.165) is 25.9 Å². The van der Waals surface area contributed by atoms with Gasteiger partial charge in [0.15, 0.2) is 0 Å². The molecule has 2 fully saturated rings. The molecule has 1 unspecified atom stereocenters. The third-order valence-electron chi connectivity index (χ3n) is 3.23. The van der Waals surface area contributed by atoms with Crippen molar-refractivity contribution in [1.82, 2.24) is 9.80 Å². The first-order valence-electron chi connectivity index (χ1n) is 5.39. The normalized spacial score (nSPS) is 30.8. The number of nitrogens with zero attached hydrogens (tertiary/aromatic N) is 2. The van der Waals surface area contributed by atoms with Crippen LogP contribution in [0, 0.1) is 0 Å². The average molecular weight is 228 g/mol. The Kier molecular flexibility index (Phi) is 2.75. The second-order valence-corrected chi connectivity index (χ2v) is 4.60. The van der Waals surface area contributed by atoms with E-state index in [0.29, 0.717) is 6.54 Å². The SMILES string of the molecule is CN1CCC2(CCN(CC(=O)O)C(=O)O2)C1. The second-order valence-electron chi connectivity index (χ2n) is 4.60. The number of hydrogen-bond acceptors (Lipinski definition) is 4. The third-order valence-corrected chi connectivity index (χ3v) is 3.23. The van der Waals surface area contributed by atoms with Gasteiger partial charge in [-0.2, -0.15) is 0 Å². The number of amides is 1. The highest BCUT2D eigenvalue weighted by Gasteiger charge is 2.44. The van der Waals surface area contributed by atoms with Crippen LogP contribution in [0.3, 0.4) is 0 Å².